The van der Waals surface area contributed by atoms with Gasteiger partial charge in [0.2, 0.25) is 0 Å². The van der Waals surface area contributed by atoms with E-state index in [9.17, 15) is 4.79 Å². The number of anilines is 3. The summed E-state index contributed by atoms with van der Waals surface area (Å²) in [5.41, 5.74) is 5.75. The van der Waals surface area contributed by atoms with Crippen molar-refractivity contribution in [2.45, 2.75) is 6.92 Å². The molecule has 0 spiro atoms. The van der Waals surface area contributed by atoms with Gasteiger partial charge in [-0.2, -0.15) is 0 Å². The highest BCUT2D eigenvalue weighted by Gasteiger charge is 2.13. The summed E-state index contributed by atoms with van der Waals surface area (Å²) in [6, 6.07) is 36.8. The smallest absolute Gasteiger partial charge is 0.338 e. The Labute approximate surface area is 206 Å². The maximum absolute atomic E-state index is 11.6. The fourth-order valence-corrected chi connectivity index (χ4v) is 3.56. The van der Waals surface area contributed by atoms with Gasteiger partial charge in [0.05, 0.1) is 0 Å². The van der Waals surface area contributed by atoms with E-state index in [0.29, 0.717) is 11.3 Å². The molecule has 4 heteroatoms. The van der Waals surface area contributed by atoms with Crippen LogP contribution in [-0.2, 0) is 9.53 Å². The fourth-order valence-electron chi connectivity index (χ4n) is 3.56. The SMILES string of the molecule is C=C(COc1ccc(N(c2ccccc2)c2ccc(-c3ccccc3)cc2)cc1)OC(=O)C(=C)C. The first kappa shape index (κ1) is 23.6. The second-order valence-corrected chi connectivity index (χ2v) is 8.07. The average Bonchev–Trinajstić information content (AvgIpc) is 2.90. The van der Waals surface area contributed by atoms with Gasteiger partial charge in [-0.1, -0.05) is 73.8 Å². The number of benzene rings is 4. The lowest BCUT2D eigenvalue weighted by molar-refractivity contribution is -0.135. The van der Waals surface area contributed by atoms with E-state index in [1.54, 1.807) is 6.92 Å². The Morgan fingerprint density at radius 3 is 1.74 bits per heavy atom. The van der Waals surface area contributed by atoms with Gasteiger partial charge in [0, 0.05) is 22.6 Å². The number of carbonyl (C=O) groups is 1. The molecule has 0 radical (unpaired) electrons. The van der Waals surface area contributed by atoms with Crippen molar-refractivity contribution in [1.29, 1.82) is 0 Å². The Hall–Kier alpha value is -4.57. The molecule has 0 saturated heterocycles. The number of para-hydroxylation sites is 1. The van der Waals surface area contributed by atoms with Crippen molar-refractivity contribution in [3.8, 4) is 16.9 Å². The largest absolute Gasteiger partial charge is 0.486 e. The molecule has 0 aromatic heterocycles. The van der Waals surface area contributed by atoms with Gasteiger partial charge in [-0.15, -0.1) is 0 Å². The molecule has 174 valence electrons. The zero-order chi connectivity index (χ0) is 24.6. The van der Waals surface area contributed by atoms with Crippen LogP contribution in [0, 0.1) is 0 Å². The summed E-state index contributed by atoms with van der Waals surface area (Å²) in [5, 5.41) is 0. The zero-order valence-electron chi connectivity index (χ0n) is 19.7. The predicted octanol–water partition coefficient (Wildman–Crippen LogP) is 7.84. The van der Waals surface area contributed by atoms with E-state index in [4.69, 9.17) is 9.47 Å². The lowest BCUT2D eigenvalue weighted by Gasteiger charge is -2.26. The van der Waals surface area contributed by atoms with Crippen molar-refractivity contribution in [3.05, 3.63) is 134 Å². The molecule has 0 heterocycles. The van der Waals surface area contributed by atoms with Crippen molar-refractivity contribution in [2.75, 3.05) is 11.5 Å². The second kappa shape index (κ2) is 11.0. The number of rotatable bonds is 9. The van der Waals surface area contributed by atoms with E-state index in [-0.39, 0.29) is 12.4 Å². The third-order valence-electron chi connectivity index (χ3n) is 5.33. The number of carbonyl (C=O) groups excluding carboxylic acids is 1. The Kier molecular flexibility index (Phi) is 7.44. The highest BCUT2D eigenvalue weighted by atomic mass is 16.6. The summed E-state index contributed by atoms with van der Waals surface area (Å²) < 4.78 is 10.8. The standard InChI is InChI=1S/C31H27NO3/c1-23(2)31(33)35-24(3)22-34-30-20-18-29(19-21-30)32(27-12-8-5-9-13-27)28-16-14-26(15-17-28)25-10-6-4-7-11-25/h4-21H,1,3,22H2,2H3. The van der Waals surface area contributed by atoms with Crippen LogP contribution in [0.5, 0.6) is 5.75 Å². The van der Waals surface area contributed by atoms with Crippen molar-refractivity contribution < 1.29 is 14.3 Å². The van der Waals surface area contributed by atoms with Crippen LogP contribution in [0.3, 0.4) is 0 Å². The monoisotopic (exact) mass is 461 g/mol. The molecule has 35 heavy (non-hydrogen) atoms. The van der Waals surface area contributed by atoms with Crippen molar-refractivity contribution in [3.63, 3.8) is 0 Å². The van der Waals surface area contributed by atoms with E-state index in [2.05, 4.69) is 66.6 Å². The van der Waals surface area contributed by atoms with Crippen LogP contribution < -0.4 is 9.64 Å². The van der Waals surface area contributed by atoms with Gasteiger partial charge in [0.15, 0.2) is 0 Å². The van der Waals surface area contributed by atoms with E-state index in [0.717, 1.165) is 17.1 Å². The molecule has 0 unspecified atom stereocenters. The minimum absolute atomic E-state index is 0.0711. The molecule has 0 N–H and O–H groups in total. The molecule has 0 aliphatic heterocycles. The van der Waals surface area contributed by atoms with Crippen LogP contribution in [0.2, 0.25) is 0 Å². The van der Waals surface area contributed by atoms with E-state index in [1.165, 1.54) is 11.1 Å². The van der Waals surface area contributed by atoms with Crippen LogP contribution in [0.1, 0.15) is 6.92 Å². The number of nitrogens with zero attached hydrogens (tertiary/aromatic N) is 1. The molecule has 4 aromatic rings. The van der Waals surface area contributed by atoms with Crippen LogP contribution in [0.4, 0.5) is 17.1 Å². The molecule has 4 nitrogen and oxygen atoms in total. The summed E-state index contributed by atoms with van der Waals surface area (Å²) in [6.45, 7) is 8.95. The topological polar surface area (TPSA) is 38.8 Å². The molecule has 4 aromatic carbocycles. The Morgan fingerprint density at radius 1 is 0.686 bits per heavy atom. The van der Waals surface area contributed by atoms with Gasteiger partial charge in [0.25, 0.3) is 0 Å². The molecular formula is C31H27NO3. The molecule has 0 fully saturated rings. The summed E-state index contributed by atoms with van der Waals surface area (Å²) >= 11 is 0. The third kappa shape index (κ3) is 6.06. The summed E-state index contributed by atoms with van der Waals surface area (Å²) in [4.78, 5) is 13.8. The second-order valence-electron chi connectivity index (χ2n) is 8.07. The summed E-state index contributed by atoms with van der Waals surface area (Å²) in [7, 11) is 0. The van der Waals surface area contributed by atoms with Crippen LogP contribution in [0.25, 0.3) is 11.1 Å². The first-order chi connectivity index (χ1) is 17.0. The molecule has 0 aliphatic carbocycles. The van der Waals surface area contributed by atoms with E-state index >= 15 is 0 Å². The summed E-state index contributed by atoms with van der Waals surface area (Å²) in [5.74, 6) is 0.367. The van der Waals surface area contributed by atoms with Gasteiger partial charge < -0.3 is 14.4 Å². The minimum Gasteiger partial charge on any atom is -0.486 e. The molecular weight excluding hydrogens is 434 g/mol. The molecule has 4 rings (SSSR count). The van der Waals surface area contributed by atoms with Gasteiger partial charge >= 0.3 is 5.97 Å². The molecule has 0 bridgehead atoms. The number of ether oxygens (including phenoxy) is 2. The maximum atomic E-state index is 11.6. The Morgan fingerprint density at radius 2 is 1.17 bits per heavy atom. The number of hydrogen-bond acceptors (Lipinski definition) is 4. The van der Waals surface area contributed by atoms with Crippen LogP contribution >= 0.6 is 0 Å². The minimum atomic E-state index is -0.509. The quantitative estimate of drug-likeness (QED) is 0.145. The van der Waals surface area contributed by atoms with Crippen LogP contribution in [-0.4, -0.2) is 12.6 Å². The van der Waals surface area contributed by atoms with Gasteiger partial charge in [0.1, 0.15) is 18.1 Å². The molecule has 0 aliphatic rings. The number of esters is 1. The average molecular weight is 462 g/mol. The Balaban J connectivity index is 1.53. The normalized spacial score (nSPS) is 10.3. The highest BCUT2D eigenvalue weighted by molar-refractivity contribution is 5.87. The lowest BCUT2D eigenvalue weighted by atomic mass is 10.0. The molecule has 0 atom stereocenters. The maximum Gasteiger partial charge on any atom is 0.338 e. The lowest BCUT2D eigenvalue weighted by Crippen LogP contribution is -2.11. The molecule has 0 saturated carbocycles. The van der Waals surface area contributed by atoms with Crippen LogP contribution in [0.15, 0.2) is 134 Å². The van der Waals surface area contributed by atoms with Crippen molar-refractivity contribution in [1.82, 2.24) is 0 Å². The first-order valence-electron chi connectivity index (χ1n) is 11.3. The third-order valence-corrected chi connectivity index (χ3v) is 5.33. The zero-order valence-corrected chi connectivity index (χ0v) is 19.7. The van der Waals surface area contributed by atoms with E-state index < -0.39 is 5.97 Å². The van der Waals surface area contributed by atoms with Gasteiger partial charge in [-0.05, 0) is 66.6 Å². The van der Waals surface area contributed by atoms with E-state index in [1.807, 2.05) is 60.7 Å². The van der Waals surface area contributed by atoms with Gasteiger partial charge in [-0.3, -0.25) is 0 Å². The first-order valence-corrected chi connectivity index (χ1v) is 11.3. The fraction of sp³-hybridized carbons (Fsp3) is 0.0645. The molecule has 0 amide bonds. The van der Waals surface area contributed by atoms with Crippen molar-refractivity contribution in [2.24, 2.45) is 0 Å². The predicted molar refractivity (Wildman–Crippen MR) is 142 cm³/mol. The number of hydrogen-bond donors (Lipinski definition) is 0. The highest BCUT2D eigenvalue weighted by Crippen LogP contribution is 2.36. The van der Waals surface area contributed by atoms with Crippen molar-refractivity contribution >= 4 is 23.0 Å². The Bertz CT molecular complexity index is 1300. The summed E-state index contributed by atoms with van der Waals surface area (Å²) in [6.07, 6.45) is 0. The van der Waals surface area contributed by atoms with Gasteiger partial charge in [-0.25, -0.2) is 4.79 Å².